The van der Waals surface area contributed by atoms with Crippen LogP contribution in [0, 0.1) is 19.8 Å². The summed E-state index contributed by atoms with van der Waals surface area (Å²) in [5, 5.41) is 19.8. The van der Waals surface area contributed by atoms with Crippen LogP contribution in [0.5, 0.6) is 5.75 Å². The second-order valence-corrected chi connectivity index (χ2v) is 7.96. The van der Waals surface area contributed by atoms with E-state index in [9.17, 15) is 9.90 Å². The quantitative estimate of drug-likeness (QED) is 0.630. The van der Waals surface area contributed by atoms with Crippen LogP contribution in [0.4, 0.5) is 5.69 Å². The number of aliphatic hydroxyl groups is 2. The molecule has 31 heavy (non-hydrogen) atoms. The zero-order valence-electron chi connectivity index (χ0n) is 19.3. The average Bonchev–Trinajstić information content (AvgIpc) is 3.27. The van der Waals surface area contributed by atoms with E-state index in [1.165, 1.54) is 16.8 Å². The van der Waals surface area contributed by atoms with Crippen molar-refractivity contribution in [3.8, 4) is 5.75 Å². The predicted octanol–water partition coefficient (Wildman–Crippen LogP) is 3.38. The van der Waals surface area contributed by atoms with E-state index in [0.29, 0.717) is 0 Å². The molecule has 3 N–H and O–H groups in total. The molecule has 170 valence electrons. The Morgan fingerprint density at radius 3 is 2.35 bits per heavy atom. The Bertz CT molecular complexity index is 818. The fourth-order valence-electron chi connectivity index (χ4n) is 4.47. The van der Waals surface area contributed by atoms with Gasteiger partial charge in [-0.15, -0.1) is 0 Å². The summed E-state index contributed by atoms with van der Waals surface area (Å²) in [6, 6.07) is 13.5. The second-order valence-electron chi connectivity index (χ2n) is 7.96. The van der Waals surface area contributed by atoms with E-state index in [4.69, 9.17) is 9.84 Å². The number of carbonyl (C=O) groups is 1. The highest BCUT2D eigenvalue weighted by molar-refractivity contribution is 5.80. The highest BCUT2D eigenvalue weighted by atomic mass is 16.5. The molecule has 1 fully saturated rings. The number of rotatable bonds is 7. The van der Waals surface area contributed by atoms with Gasteiger partial charge in [0.05, 0.1) is 25.7 Å². The van der Waals surface area contributed by atoms with Gasteiger partial charge in [0.2, 0.25) is 5.91 Å². The summed E-state index contributed by atoms with van der Waals surface area (Å²) in [6.45, 7) is 7.02. The van der Waals surface area contributed by atoms with Crippen molar-refractivity contribution >= 4 is 11.6 Å². The number of nitrogens with one attached hydrogen (secondary N) is 1. The summed E-state index contributed by atoms with van der Waals surface area (Å²) in [5.41, 5.74) is 4.45. The largest absolute Gasteiger partial charge is 0.497 e. The first-order valence-electron chi connectivity index (χ1n) is 10.8. The molecule has 0 unspecified atom stereocenters. The number of nitrogens with zero attached hydrogens (tertiary/aromatic N) is 1. The monoisotopic (exact) mass is 428 g/mol. The van der Waals surface area contributed by atoms with E-state index >= 15 is 0 Å². The number of hydrogen-bond donors (Lipinski definition) is 3. The molecule has 1 aliphatic heterocycles. The number of aryl methyl sites for hydroxylation is 2. The normalized spacial score (nSPS) is 17.4. The Hall–Kier alpha value is -2.57. The molecular formula is C25H36N2O4. The van der Waals surface area contributed by atoms with Crippen molar-refractivity contribution in [1.82, 2.24) is 5.32 Å². The van der Waals surface area contributed by atoms with Crippen molar-refractivity contribution in [2.45, 2.75) is 45.7 Å². The van der Waals surface area contributed by atoms with E-state index in [2.05, 4.69) is 36.2 Å². The van der Waals surface area contributed by atoms with Crippen molar-refractivity contribution < 1.29 is 19.7 Å². The summed E-state index contributed by atoms with van der Waals surface area (Å²) in [4.78, 5) is 15.4. The van der Waals surface area contributed by atoms with Crippen LogP contribution >= 0.6 is 0 Å². The molecule has 2 aromatic carbocycles. The number of aliphatic hydroxyl groups excluding tert-OH is 2. The summed E-state index contributed by atoms with van der Waals surface area (Å²) in [5.74, 6) is 0.656. The highest BCUT2D eigenvalue weighted by Crippen LogP contribution is 2.36. The van der Waals surface area contributed by atoms with Crippen molar-refractivity contribution in [2.75, 3.05) is 32.3 Å². The minimum absolute atomic E-state index is 0.0198. The Morgan fingerprint density at radius 2 is 1.81 bits per heavy atom. The molecule has 0 aromatic heterocycles. The van der Waals surface area contributed by atoms with Crippen molar-refractivity contribution in [2.24, 2.45) is 5.92 Å². The van der Waals surface area contributed by atoms with Crippen LogP contribution in [0.25, 0.3) is 0 Å². The molecule has 0 saturated carbocycles. The van der Waals surface area contributed by atoms with E-state index in [-0.39, 0.29) is 30.5 Å². The van der Waals surface area contributed by atoms with Gasteiger partial charge in [-0.2, -0.15) is 0 Å². The molecular weight excluding hydrogens is 392 g/mol. The number of amides is 1. The molecule has 1 heterocycles. The topological polar surface area (TPSA) is 82.0 Å². The first kappa shape index (κ1) is 24.7. The van der Waals surface area contributed by atoms with Gasteiger partial charge in [0.25, 0.3) is 0 Å². The number of anilines is 1. The molecule has 3 atom stereocenters. The van der Waals surface area contributed by atoms with Gasteiger partial charge in [0.1, 0.15) is 5.75 Å². The molecule has 1 saturated heterocycles. The zero-order valence-corrected chi connectivity index (χ0v) is 19.3. The molecule has 2 aromatic rings. The molecule has 0 spiro atoms. The maximum absolute atomic E-state index is 13.1. The maximum atomic E-state index is 13.1. The van der Waals surface area contributed by atoms with E-state index < -0.39 is 0 Å². The smallest absolute Gasteiger partial charge is 0.225 e. The molecule has 1 amide bonds. The van der Waals surface area contributed by atoms with Gasteiger partial charge in [0.15, 0.2) is 0 Å². The lowest BCUT2D eigenvalue weighted by atomic mass is 9.96. The lowest BCUT2D eigenvalue weighted by Crippen LogP contribution is -2.44. The van der Waals surface area contributed by atoms with Gasteiger partial charge in [-0.1, -0.05) is 37.3 Å². The number of benzene rings is 2. The molecule has 0 aliphatic carbocycles. The van der Waals surface area contributed by atoms with E-state index in [0.717, 1.165) is 37.8 Å². The highest BCUT2D eigenvalue weighted by Gasteiger charge is 2.35. The average molecular weight is 429 g/mol. The van der Waals surface area contributed by atoms with Crippen molar-refractivity contribution in [3.63, 3.8) is 0 Å². The van der Waals surface area contributed by atoms with Crippen molar-refractivity contribution in [3.05, 3.63) is 59.2 Å². The van der Waals surface area contributed by atoms with Gasteiger partial charge >= 0.3 is 0 Å². The number of ether oxygens (including phenoxy) is 1. The fraction of sp³-hybridized carbons (Fsp3) is 0.480. The molecule has 6 nitrogen and oxygen atoms in total. The first-order valence-corrected chi connectivity index (χ1v) is 10.8. The van der Waals surface area contributed by atoms with Crippen LogP contribution < -0.4 is 15.0 Å². The molecule has 1 aliphatic rings. The Balaban J connectivity index is 0.00000166. The maximum Gasteiger partial charge on any atom is 0.225 e. The van der Waals surface area contributed by atoms with Crippen LogP contribution in [-0.4, -0.2) is 49.5 Å². The van der Waals surface area contributed by atoms with Crippen LogP contribution in [0.2, 0.25) is 0 Å². The Labute approximate surface area is 185 Å². The zero-order chi connectivity index (χ0) is 23.0. The lowest BCUT2D eigenvalue weighted by molar-refractivity contribution is -0.126. The van der Waals surface area contributed by atoms with Crippen LogP contribution in [0.15, 0.2) is 42.5 Å². The minimum atomic E-state index is -0.384. The van der Waals surface area contributed by atoms with Crippen molar-refractivity contribution in [1.29, 1.82) is 0 Å². The van der Waals surface area contributed by atoms with Gasteiger partial charge in [0, 0.05) is 25.4 Å². The second kappa shape index (κ2) is 11.7. The number of methoxy groups -OCH3 is 1. The van der Waals surface area contributed by atoms with Gasteiger partial charge in [-0.25, -0.2) is 0 Å². The van der Waals surface area contributed by atoms with E-state index in [1.54, 1.807) is 7.11 Å². The third-order valence-corrected chi connectivity index (χ3v) is 5.98. The standard InChI is InChI=1S/C24H32N2O3.CH4O/c1-16-13-20(29-4)14-17(2)23(16)26-12-8-11-22(26)18(3)24(28)25-21(15-27)19-9-6-5-7-10-19;1-2/h5-7,9-10,13-14,18,21-22,27H,8,11-12,15H2,1-4H3,(H,25,28);2H,1H3/t18-,21+,22+;/m1./s1. The Kier molecular flexibility index (Phi) is 9.34. The predicted molar refractivity (Wildman–Crippen MR) is 125 cm³/mol. The lowest BCUT2D eigenvalue weighted by Gasteiger charge is -2.34. The van der Waals surface area contributed by atoms with Gasteiger partial charge in [-0.3, -0.25) is 4.79 Å². The third kappa shape index (κ3) is 5.77. The molecule has 3 rings (SSSR count). The van der Waals surface area contributed by atoms with Crippen LogP contribution in [-0.2, 0) is 4.79 Å². The minimum Gasteiger partial charge on any atom is -0.497 e. The summed E-state index contributed by atoms with van der Waals surface area (Å²) >= 11 is 0. The summed E-state index contributed by atoms with van der Waals surface area (Å²) in [7, 11) is 2.68. The third-order valence-electron chi connectivity index (χ3n) is 5.98. The SMILES string of the molecule is CO.COc1cc(C)c(N2CCC[C@H]2[C@@H](C)C(=O)N[C@@H](CO)c2ccccc2)c(C)c1. The number of carbonyl (C=O) groups excluding carboxylic acids is 1. The van der Waals surface area contributed by atoms with Crippen LogP contribution in [0.3, 0.4) is 0 Å². The molecule has 0 bridgehead atoms. The van der Waals surface area contributed by atoms with E-state index in [1.807, 2.05) is 37.3 Å². The summed E-state index contributed by atoms with van der Waals surface area (Å²) < 4.78 is 5.40. The van der Waals surface area contributed by atoms with Crippen LogP contribution in [0.1, 0.15) is 42.5 Å². The summed E-state index contributed by atoms with van der Waals surface area (Å²) in [6.07, 6.45) is 2.05. The number of hydrogen-bond acceptors (Lipinski definition) is 5. The molecule has 6 heteroatoms. The Morgan fingerprint density at radius 1 is 1.19 bits per heavy atom. The van der Waals surface area contributed by atoms with Gasteiger partial charge < -0.3 is 25.2 Å². The first-order chi connectivity index (χ1) is 15.0. The van der Waals surface area contributed by atoms with Gasteiger partial charge in [-0.05, 0) is 55.5 Å². The molecule has 0 radical (unpaired) electrons. The fourth-order valence-corrected chi connectivity index (χ4v) is 4.47.